The average Bonchev–Trinajstić information content (AvgIpc) is 2.64. The fourth-order valence-corrected chi connectivity index (χ4v) is 3.44. The summed E-state index contributed by atoms with van der Waals surface area (Å²) in [5.41, 5.74) is -1.79. The third-order valence-corrected chi connectivity index (χ3v) is 4.36. The molecular weight excluding hydrogens is 254 g/mol. The van der Waals surface area contributed by atoms with Gasteiger partial charge in [-0.3, -0.25) is 4.90 Å². The predicted molar refractivity (Wildman–Crippen MR) is 65.2 cm³/mol. The van der Waals surface area contributed by atoms with Crippen molar-refractivity contribution in [1.29, 1.82) is 0 Å². The predicted octanol–water partition coefficient (Wildman–Crippen LogP) is 2.14. The van der Waals surface area contributed by atoms with Crippen molar-refractivity contribution in [3.8, 4) is 0 Å². The Hall–Kier alpha value is -0.910. The number of hydrogen-bond donors (Lipinski definition) is 1. The first-order valence-electron chi connectivity index (χ1n) is 6.80. The van der Waals surface area contributed by atoms with E-state index in [0.717, 1.165) is 6.42 Å². The number of piperazine rings is 1. The Morgan fingerprint density at radius 2 is 2.00 bits per heavy atom. The fourth-order valence-electron chi connectivity index (χ4n) is 3.44. The van der Waals surface area contributed by atoms with Crippen LogP contribution >= 0.6 is 0 Å². The third-order valence-electron chi connectivity index (χ3n) is 4.36. The van der Waals surface area contributed by atoms with E-state index in [1.54, 1.807) is 25.7 Å². The molecule has 2 heterocycles. The van der Waals surface area contributed by atoms with E-state index in [4.69, 9.17) is 4.74 Å². The van der Waals surface area contributed by atoms with Crippen molar-refractivity contribution in [3.05, 3.63) is 0 Å². The zero-order valence-electron chi connectivity index (χ0n) is 11.5. The van der Waals surface area contributed by atoms with Crippen LogP contribution in [-0.2, 0) is 4.74 Å². The highest BCUT2D eigenvalue weighted by atomic mass is 19.3. The van der Waals surface area contributed by atoms with Gasteiger partial charge in [0.25, 0.3) is 5.92 Å². The van der Waals surface area contributed by atoms with E-state index < -0.39 is 29.2 Å². The normalized spacial score (nSPS) is 39.5. The molecule has 3 fully saturated rings. The summed E-state index contributed by atoms with van der Waals surface area (Å²) >= 11 is 0. The monoisotopic (exact) mass is 274 g/mol. The maximum Gasteiger partial charge on any atom is 0.410 e. The van der Waals surface area contributed by atoms with Crippen LogP contribution in [0.1, 0.15) is 40.0 Å². The SMILES string of the molecule is CC(C)(C)OC(=O)N1C2CCC1C1(CC1(F)F)NC2. The summed E-state index contributed by atoms with van der Waals surface area (Å²) in [4.78, 5) is 13.8. The van der Waals surface area contributed by atoms with E-state index in [1.165, 1.54) is 0 Å². The van der Waals surface area contributed by atoms with Gasteiger partial charge in [-0.15, -0.1) is 0 Å². The van der Waals surface area contributed by atoms with Crippen LogP contribution in [0.15, 0.2) is 0 Å². The highest BCUT2D eigenvalue weighted by Crippen LogP contribution is 2.60. The summed E-state index contributed by atoms with van der Waals surface area (Å²) in [6, 6.07) is -0.446. The van der Waals surface area contributed by atoms with Crippen LogP contribution < -0.4 is 5.32 Å². The summed E-state index contributed by atoms with van der Waals surface area (Å²) in [7, 11) is 0. The quantitative estimate of drug-likeness (QED) is 0.736. The molecule has 3 aliphatic rings. The van der Waals surface area contributed by atoms with Gasteiger partial charge in [-0.05, 0) is 33.6 Å². The van der Waals surface area contributed by atoms with Crippen molar-refractivity contribution >= 4 is 6.09 Å². The summed E-state index contributed by atoms with van der Waals surface area (Å²) in [6.45, 7) is 5.80. The average molecular weight is 274 g/mol. The zero-order valence-corrected chi connectivity index (χ0v) is 11.5. The molecule has 108 valence electrons. The number of ether oxygens (including phenoxy) is 1. The second kappa shape index (κ2) is 3.59. The molecule has 19 heavy (non-hydrogen) atoms. The van der Waals surface area contributed by atoms with Gasteiger partial charge in [0.05, 0.1) is 6.04 Å². The number of halogens is 2. The van der Waals surface area contributed by atoms with Gasteiger partial charge >= 0.3 is 6.09 Å². The smallest absolute Gasteiger partial charge is 0.410 e. The van der Waals surface area contributed by atoms with Crippen LogP contribution in [0.25, 0.3) is 0 Å². The fraction of sp³-hybridized carbons (Fsp3) is 0.923. The maximum atomic E-state index is 13.7. The molecule has 0 aromatic carbocycles. The molecule has 1 spiro atoms. The van der Waals surface area contributed by atoms with E-state index in [2.05, 4.69) is 5.32 Å². The lowest BCUT2D eigenvalue weighted by Crippen LogP contribution is -2.63. The zero-order chi connectivity index (χ0) is 14.1. The van der Waals surface area contributed by atoms with Crippen molar-refractivity contribution in [2.45, 2.75) is 69.2 Å². The summed E-state index contributed by atoms with van der Waals surface area (Å²) < 4.78 is 32.7. The third kappa shape index (κ3) is 1.83. The first-order valence-corrected chi connectivity index (χ1v) is 6.80. The van der Waals surface area contributed by atoms with Crippen molar-refractivity contribution in [2.75, 3.05) is 6.54 Å². The van der Waals surface area contributed by atoms with E-state index in [9.17, 15) is 13.6 Å². The molecule has 1 N–H and O–H groups in total. The Bertz CT molecular complexity index is 421. The van der Waals surface area contributed by atoms with E-state index in [-0.39, 0.29) is 12.5 Å². The lowest BCUT2D eigenvalue weighted by Gasteiger charge is -2.41. The van der Waals surface area contributed by atoms with E-state index >= 15 is 0 Å². The van der Waals surface area contributed by atoms with Gasteiger partial charge in [-0.25, -0.2) is 13.6 Å². The molecular formula is C13H20F2N2O2. The molecule has 3 atom stereocenters. The Morgan fingerprint density at radius 1 is 1.37 bits per heavy atom. The molecule has 3 unspecified atom stereocenters. The molecule has 0 radical (unpaired) electrons. The van der Waals surface area contributed by atoms with Crippen LogP contribution in [0.4, 0.5) is 13.6 Å². The number of fused-ring (bicyclic) bond motifs is 3. The minimum Gasteiger partial charge on any atom is -0.444 e. The summed E-state index contributed by atoms with van der Waals surface area (Å²) in [5, 5.41) is 2.97. The molecule has 2 aliphatic heterocycles. The Labute approximate surface area is 111 Å². The molecule has 0 aromatic heterocycles. The van der Waals surface area contributed by atoms with Gasteiger partial charge in [0.1, 0.15) is 11.1 Å². The number of hydrogen-bond acceptors (Lipinski definition) is 3. The van der Waals surface area contributed by atoms with Gasteiger partial charge in [0, 0.05) is 19.0 Å². The molecule has 2 saturated heterocycles. The summed E-state index contributed by atoms with van der Waals surface area (Å²) in [5.74, 6) is -2.70. The van der Waals surface area contributed by atoms with Gasteiger partial charge in [0.2, 0.25) is 0 Å². The maximum absolute atomic E-state index is 13.7. The minimum atomic E-state index is -2.70. The molecule has 2 bridgehead atoms. The highest BCUT2D eigenvalue weighted by molar-refractivity contribution is 5.70. The van der Waals surface area contributed by atoms with Crippen molar-refractivity contribution in [2.24, 2.45) is 0 Å². The second-order valence-corrected chi connectivity index (χ2v) is 6.87. The largest absolute Gasteiger partial charge is 0.444 e. The number of alkyl halides is 2. The van der Waals surface area contributed by atoms with Crippen molar-refractivity contribution in [1.82, 2.24) is 10.2 Å². The number of rotatable bonds is 0. The molecule has 1 amide bonds. The van der Waals surface area contributed by atoms with E-state index in [1.807, 2.05) is 0 Å². The van der Waals surface area contributed by atoms with Gasteiger partial charge in [-0.1, -0.05) is 0 Å². The van der Waals surface area contributed by atoms with Crippen LogP contribution in [0, 0.1) is 0 Å². The molecule has 0 aromatic rings. The molecule has 4 nitrogen and oxygen atoms in total. The van der Waals surface area contributed by atoms with Crippen LogP contribution in [0.3, 0.4) is 0 Å². The van der Waals surface area contributed by atoms with Crippen molar-refractivity contribution in [3.63, 3.8) is 0 Å². The number of amides is 1. The molecule has 6 heteroatoms. The number of carbonyl (C=O) groups is 1. The van der Waals surface area contributed by atoms with E-state index in [0.29, 0.717) is 13.0 Å². The Kier molecular flexibility index (Phi) is 2.48. The topological polar surface area (TPSA) is 41.6 Å². The molecule has 1 aliphatic carbocycles. The second-order valence-electron chi connectivity index (χ2n) is 6.87. The lowest BCUT2D eigenvalue weighted by molar-refractivity contribution is -0.0152. The van der Waals surface area contributed by atoms with Crippen LogP contribution in [0.5, 0.6) is 0 Å². The van der Waals surface area contributed by atoms with Crippen molar-refractivity contribution < 1.29 is 18.3 Å². The molecule has 1 saturated carbocycles. The number of carbonyl (C=O) groups excluding carboxylic acids is 1. The molecule has 3 rings (SSSR count). The first-order chi connectivity index (χ1) is 8.66. The minimum absolute atomic E-state index is 0.0122. The number of nitrogens with zero attached hydrogens (tertiary/aromatic N) is 1. The highest BCUT2D eigenvalue weighted by Gasteiger charge is 2.78. The van der Waals surface area contributed by atoms with Crippen LogP contribution in [0.2, 0.25) is 0 Å². The lowest BCUT2D eigenvalue weighted by atomic mass is 10.0. The number of nitrogens with one attached hydrogen (secondary N) is 1. The van der Waals surface area contributed by atoms with Gasteiger partial charge in [-0.2, -0.15) is 0 Å². The van der Waals surface area contributed by atoms with Gasteiger partial charge in [0.15, 0.2) is 0 Å². The van der Waals surface area contributed by atoms with Gasteiger partial charge < -0.3 is 10.1 Å². The Balaban J connectivity index is 1.81. The Morgan fingerprint density at radius 3 is 2.53 bits per heavy atom. The first kappa shape index (κ1) is 13.1. The summed E-state index contributed by atoms with van der Waals surface area (Å²) in [6.07, 6.45) is 0.779. The van der Waals surface area contributed by atoms with Crippen LogP contribution in [-0.4, -0.2) is 46.7 Å². The standard InChI is InChI=1S/C13H20F2N2O2/c1-11(2,3)19-10(18)17-8-4-5-9(17)12(16-6-8)7-13(12,14)15/h8-9,16H,4-7H2,1-3H3.